The third-order valence-electron chi connectivity index (χ3n) is 2.09. The number of hydrogen-bond donors (Lipinski definition) is 1. The summed E-state index contributed by atoms with van der Waals surface area (Å²) in [7, 11) is 0. The van der Waals surface area contributed by atoms with Crippen molar-refractivity contribution >= 4 is 0 Å². The molecule has 0 aromatic carbocycles. The number of nitrogens with zero attached hydrogens (tertiary/aromatic N) is 3. The highest BCUT2D eigenvalue weighted by Crippen LogP contribution is 2.18. The fraction of sp³-hybridized carbons (Fsp3) is 0.300. The second-order valence-corrected chi connectivity index (χ2v) is 3.03. The third kappa shape index (κ3) is 1.87. The average molecular weight is 205 g/mol. The zero-order valence-corrected chi connectivity index (χ0v) is 8.34. The Labute approximate surface area is 86.8 Å². The number of aromatic nitrogens is 3. The molecule has 0 saturated heterocycles. The number of aliphatic hydroxyl groups is 1. The van der Waals surface area contributed by atoms with Crippen molar-refractivity contribution in [2.24, 2.45) is 0 Å². The van der Waals surface area contributed by atoms with Crippen LogP contribution in [0.15, 0.2) is 22.9 Å². The van der Waals surface area contributed by atoms with Gasteiger partial charge in [0.15, 0.2) is 0 Å². The molecule has 5 heteroatoms. The molecule has 2 aromatic rings. The molecule has 0 amide bonds. The van der Waals surface area contributed by atoms with Crippen molar-refractivity contribution in [2.45, 2.75) is 20.0 Å². The summed E-state index contributed by atoms with van der Waals surface area (Å²) in [6, 6.07) is 3.84. The van der Waals surface area contributed by atoms with E-state index in [2.05, 4.69) is 15.1 Å². The normalized spacial score (nSPS) is 10.5. The van der Waals surface area contributed by atoms with Gasteiger partial charge < -0.3 is 9.63 Å². The second-order valence-electron chi connectivity index (χ2n) is 3.03. The van der Waals surface area contributed by atoms with Crippen molar-refractivity contribution in [2.75, 3.05) is 0 Å². The predicted molar refractivity (Wildman–Crippen MR) is 52.8 cm³/mol. The summed E-state index contributed by atoms with van der Waals surface area (Å²) < 4.78 is 4.82. The average Bonchev–Trinajstić information content (AvgIpc) is 2.77. The van der Waals surface area contributed by atoms with Crippen LogP contribution < -0.4 is 0 Å². The fourth-order valence-electron chi connectivity index (χ4n) is 1.34. The highest BCUT2D eigenvalue weighted by atomic mass is 16.5. The quantitative estimate of drug-likeness (QED) is 0.814. The molecule has 5 nitrogen and oxygen atoms in total. The lowest BCUT2D eigenvalue weighted by Gasteiger charge is -2.00. The molecular formula is C10H11N3O2. The molecule has 1 N–H and O–H groups in total. The molecule has 2 aromatic heterocycles. The van der Waals surface area contributed by atoms with Crippen molar-refractivity contribution in [3.63, 3.8) is 0 Å². The van der Waals surface area contributed by atoms with Crippen LogP contribution in [-0.4, -0.2) is 20.2 Å². The Hall–Kier alpha value is -1.75. The molecule has 0 aliphatic heterocycles. The molecule has 15 heavy (non-hydrogen) atoms. The van der Waals surface area contributed by atoms with Crippen molar-refractivity contribution < 1.29 is 9.63 Å². The molecular weight excluding hydrogens is 194 g/mol. The van der Waals surface area contributed by atoms with Gasteiger partial charge in [-0.1, -0.05) is 18.1 Å². The van der Waals surface area contributed by atoms with Gasteiger partial charge >= 0.3 is 0 Å². The van der Waals surface area contributed by atoms with Crippen molar-refractivity contribution in [3.8, 4) is 11.5 Å². The van der Waals surface area contributed by atoms with Gasteiger partial charge in [0.25, 0.3) is 5.89 Å². The lowest BCUT2D eigenvalue weighted by atomic mass is 10.1. The van der Waals surface area contributed by atoms with Gasteiger partial charge in [-0.3, -0.25) is 4.98 Å². The van der Waals surface area contributed by atoms with Gasteiger partial charge in [0.1, 0.15) is 12.3 Å². The maximum Gasteiger partial charge on any atom is 0.252 e. The Bertz CT molecular complexity index is 453. The number of aryl methyl sites for hydroxylation is 1. The molecule has 0 radical (unpaired) electrons. The van der Waals surface area contributed by atoms with Crippen LogP contribution in [-0.2, 0) is 13.0 Å². The maximum absolute atomic E-state index is 8.81. The highest BCUT2D eigenvalue weighted by Gasteiger charge is 2.11. The summed E-state index contributed by atoms with van der Waals surface area (Å²) in [5.41, 5.74) is 1.77. The Kier molecular flexibility index (Phi) is 2.73. The standard InChI is InChI=1S/C10H11N3O2/c1-2-7-4-3-5-11-9(7)10-12-8(6-14)15-13-10/h3-5,14H,2,6H2,1H3. The number of pyridine rings is 1. The summed E-state index contributed by atoms with van der Waals surface area (Å²) in [6.45, 7) is 1.79. The van der Waals surface area contributed by atoms with E-state index < -0.39 is 0 Å². The highest BCUT2D eigenvalue weighted by molar-refractivity contribution is 5.53. The number of hydrogen-bond acceptors (Lipinski definition) is 5. The lowest BCUT2D eigenvalue weighted by Crippen LogP contribution is -1.92. The molecule has 2 rings (SSSR count). The molecule has 0 atom stereocenters. The van der Waals surface area contributed by atoms with Crippen LogP contribution in [0, 0.1) is 0 Å². The van der Waals surface area contributed by atoms with Gasteiger partial charge in [0.05, 0.1) is 0 Å². The topological polar surface area (TPSA) is 72.0 Å². The fourth-order valence-corrected chi connectivity index (χ4v) is 1.34. The predicted octanol–water partition coefficient (Wildman–Crippen LogP) is 1.19. The smallest absolute Gasteiger partial charge is 0.252 e. The lowest BCUT2D eigenvalue weighted by molar-refractivity contribution is 0.222. The van der Waals surface area contributed by atoms with Crippen LogP contribution in [0.4, 0.5) is 0 Å². The van der Waals surface area contributed by atoms with E-state index in [1.54, 1.807) is 6.20 Å². The summed E-state index contributed by atoms with van der Waals surface area (Å²) in [6.07, 6.45) is 2.54. The minimum atomic E-state index is -0.249. The first-order valence-electron chi connectivity index (χ1n) is 4.73. The summed E-state index contributed by atoms with van der Waals surface area (Å²) in [5.74, 6) is 0.634. The van der Waals surface area contributed by atoms with Gasteiger partial charge in [-0.2, -0.15) is 4.98 Å². The van der Waals surface area contributed by atoms with Gasteiger partial charge in [-0.25, -0.2) is 0 Å². The Balaban J connectivity index is 2.44. The zero-order chi connectivity index (χ0) is 10.7. The van der Waals surface area contributed by atoms with Gasteiger partial charge in [-0.05, 0) is 18.1 Å². The van der Waals surface area contributed by atoms with Gasteiger partial charge in [-0.15, -0.1) is 0 Å². The molecule has 0 spiro atoms. The van der Waals surface area contributed by atoms with E-state index in [0.29, 0.717) is 11.5 Å². The maximum atomic E-state index is 8.81. The van der Waals surface area contributed by atoms with Crippen LogP contribution in [0.2, 0.25) is 0 Å². The van der Waals surface area contributed by atoms with E-state index in [9.17, 15) is 0 Å². The monoisotopic (exact) mass is 205 g/mol. The van der Waals surface area contributed by atoms with E-state index in [1.165, 1.54) is 0 Å². The first-order chi connectivity index (χ1) is 7.35. The minimum absolute atomic E-state index is 0.206. The van der Waals surface area contributed by atoms with E-state index >= 15 is 0 Å². The van der Waals surface area contributed by atoms with E-state index in [1.807, 2.05) is 19.1 Å². The van der Waals surface area contributed by atoms with E-state index in [4.69, 9.17) is 9.63 Å². The molecule has 0 aliphatic rings. The largest absolute Gasteiger partial charge is 0.387 e. The third-order valence-corrected chi connectivity index (χ3v) is 2.09. The molecule has 0 fully saturated rings. The van der Waals surface area contributed by atoms with Gasteiger partial charge in [0.2, 0.25) is 5.82 Å². The van der Waals surface area contributed by atoms with Crippen LogP contribution in [0.5, 0.6) is 0 Å². The van der Waals surface area contributed by atoms with Crippen LogP contribution in [0.25, 0.3) is 11.5 Å². The Morgan fingerprint density at radius 1 is 1.47 bits per heavy atom. The molecule has 78 valence electrons. The van der Waals surface area contributed by atoms with Crippen LogP contribution in [0.1, 0.15) is 18.4 Å². The van der Waals surface area contributed by atoms with E-state index in [-0.39, 0.29) is 12.5 Å². The molecule has 0 bridgehead atoms. The summed E-state index contributed by atoms with van der Waals surface area (Å²) in [5, 5.41) is 12.6. The number of rotatable bonds is 3. The Morgan fingerprint density at radius 3 is 3.00 bits per heavy atom. The second kappa shape index (κ2) is 4.18. The first-order valence-corrected chi connectivity index (χ1v) is 4.73. The van der Waals surface area contributed by atoms with E-state index in [0.717, 1.165) is 12.0 Å². The molecule has 2 heterocycles. The molecule has 0 aliphatic carbocycles. The van der Waals surface area contributed by atoms with Crippen LogP contribution >= 0.6 is 0 Å². The van der Waals surface area contributed by atoms with Crippen LogP contribution in [0.3, 0.4) is 0 Å². The SMILES string of the molecule is CCc1cccnc1-c1noc(CO)n1. The summed E-state index contributed by atoms with van der Waals surface area (Å²) in [4.78, 5) is 8.22. The van der Waals surface area contributed by atoms with Crippen molar-refractivity contribution in [3.05, 3.63) is 29.8 Å². The molecule has 0 saturated carbocycles. The van der Waals surface area contributed by atoms with Crippen molar-refractivity contribution in [1.82, 2.24) is 15.1 Å². The first kappa shape index (κ1) is 9.79. The molecule has 0 unspecified atom stereocenters. The number of aliphatic hydroxyl groups excluding tert-OH is 1. The van der Waals surface area contributed by atoms with Gasteiger partial charge in [0, 0.05) is 6.20 Å². The van der Waals surface area contributed by atoms with Crippen molar-refractivity contribution in [1.29, 1.82) is 0 Å². The minimum Gasteiger partial charge on any atom is -0.387 e. The summed E-state index contributed by atoms with van der Waals surface area (Å²) >= 11 is 0. The zero-order valence-electron chi connectivity index (χ0n) is 8.34. The Morgan fingerprint density at radius 2 is 2.33 bits per heavy atom.